The van der Waals surface area contributed by atoms with Crippen molar-refractivity contribution in [2.75, 3.05) is 5.73 Å². The molecule has 0 aliphatic carbocycles. The van der Waals surface area contributed by atoms with Gasteiger partial charge in [0.1, 0.15) is 0 Å². The van der Waals surface area contributed by atoms with Gasteiger partial charge >= 0.3 is 0 Å². The van der Waals surface area contributed by atoms with Gasteiger partial charge < -0.3 is 5.73 Å². The van der Waals surface area contributed by atoms with Crippen LogP contribution in [0.2, 0.25) is 10.0 Å². The van der Waals surface area contributed by atoms with Gasteiger partial charge in [-0.15, -0.1) is 0 Å². The summed E-state index contributed by atoms with van der Waals surface area (Å²) in [5, 5.41) is 0.987. The fraction of sp³-hybridized carbons (Fsp3) is 0. The van der Waals surface area contributed by atoms with E-state index in [0.717, 1.165) is 0 Å². The Morgan fingerprint density at radius 1 is 1.00 bits per heavy atom. The Bertz CT molecular complexity index is 581. The lowest BCUT2D eigenvalue weighted by Gasteiger charge is -2.05. The minimum absolute atomic E-state index is 0.187. The van der Waals surface area contributed by atoms with Crippen LogP contribution < -0.4 is 5.73 Å². The van der Waals surface area contributed by atoms with Crippen molar-refractivity contribution < 1.29 is 4.79 Å². The average Bonchev–Trinajstić information content (AvgIpc) is 2.31. The summed E-state index contributed by atoms with van der Waals surface area (Å²) in [4.78, 5) is 12.2. The molecule has 0 fully saturated rings. The Morgan fingerprint density at radius 3 is 2.41 bits per heavy atom. The van der Waals surface area contributed by atoms with E-state index in [-0.39, 0.29) is 5.78 Å². The molecule has 4 heteroatoms. The van der Waals surface area contributed by atoms with Crippen molar-refractivity contribution >= 4 is 34.7 Å². The number of halogens is 2. The topological polar surface area (TPSA) is 43.1 Å². The number of benzene rings is 2. The van der Waals surface area contributed by atoms with Crippen molar-refractivity contribution in [1.29, 1.82) is 0 Å². The minimum Gasteiger partial charge on any atom is -0.398 e. The van der Waals surface area contributed by atoms with E-state index < -0.39 is 0 Å². The second-order valence-electron chi connectivity index (χ2n) is 3.57. The van der Waals surface area contributed by atoms with Gasteiger partial charge in [0, 0.05) is 26.9 Å². The first-order valence-electron chi connectivity index (χ1n) is 4.93. The Morgan fingerprint density at radius 2 is 1.71 bits per heavy atom. The molecule has 86 valence electrons. The van der Waals surface area contributed by atoms with Gasteiger partial charge in [0.2, 0.25) is 0 Å². The molecule has 0 radical (unpaired) electrons. The summed E-state index contributed by atoms with van der Waals surface area (Å²) in [5.41, 5.74) is 7.04. The highest BCUT2D eigenvalue weighted by Gasteiger charge is 2.13. The molecule has 0 atom stereocenters. The van der Waals surface area contributed by atoms with E-state index in [2.05, 4.69) is 0 Å². The highest BCUT2D eigenvalue weighted by Crippen LogP contribution is 2.22. The lowest BCUT2D eigenvalue weighted by atomic mass is 10.0. The number of rotatable bonds is 2. The van der Waals surface area contributed by atoms with Gasteiger partial charge in [0.25, 0.3) is 0 Å². The molecule has 17 heavy (non-hydrogen) atoms. The minimum atomic E-state index is -0.187. The van der Waals surface area contributed by atoms with Crippen LogP contribution in [0.5, 0.6) is 0 Å². The molecule has 0 saturated heterocycles. The molecule has 0 aromatic heterocycles. The Balaban J connectivity index is 2.47. The number of hydrogen-bond donors (Lipinski definition) is 1. The lowest BCUT2D eigenvalue weighted by Crippen LogP contribution is -2.05. The molecule has 0 aliphatic rings. The molecular formula is C13H9Cl2NO. The SMILES string of the molecule is Nc1ccc(Cl)cc1C(=O)c1cccc(Cl)c1. The van der Waals surface area contributed by atoms with Crippen LogP contribution in [0.1, 0.15) is 15.9 Å². The number of nitrogen functional groups attached to an aromatic ring is 1. The number of anilines is 1. The largest absolute Gasteiger partial charge is 0.398 e. The summed E-state index contributed by atoms with van der Waals surface area (Å²) >= 11 is 11.7. The first-order chi connectivity index (χ1) is 8.08. The maximum atomic E-state index is 12.2. The average molecular weight is 266 g/mol. The van der Waals surface area contributed by atoms with Gasteiger partial charge in [-0.05, 0) is 30.3 Å². The first kappa shape index (κ1) is 12.0. The maximum absolute atomic E-state index is 12.2. The lowest BCUT2D eigenvalue weighted by molar-refractivity contribution is 0.103. The monoisotopic (exact) mass is 265 g/mol. The summed E-state index contributed by atoms with van der Waals surface area (Å²) in [6, 6.07) is 11.5. The second kappa shape index (κ2) is 4.78. The number of hydrogen-bond acceptors (Lipinski definition) is 2. The standard InChI is InChI=1S/C13H9Cl2NO/c14-9-3-1-2-8(6-9)13(17)11-7-10(15)4-5-12(11)16/h1-7H,16H2. The Kier molecular flexibility index (Phi) is 3.36. The number of ketones is 1. The third-order valence-electron chi connectivity index (χ3n) is 2.35. The van der Waals surface area contributed by atoms with Crippen LogP contribution >= 0.6 is 23.2 Å². The molecular weight excluding hydrogens is 257 g/mol. The highest BCUT2D eigenvalue weighted by molar-refractivity contribution is 6.32. The van der Waals surface area contributed by atoms with Gasteiger partial charge in [-0.2, -0.15) is 0 Å². The van der Waals surface area contributed by atoms with Crippen LogP contribution in [0.25, 0.3) is 0 Å². The van der Waals surface area contributed by atoms with Crippen molar-refractivity contribution in [3.63, 3.8) is 0 Å². The van der Waals surface area contributed by atoms with Crippen molar-refractivity contribution in [3.8, 4) is 0 Å². The van der Waals surface area contributed by atoms with Crippen LogP contribution in [0.15, 0.2) is 42.5 Å². The fourth-order valence-electron chi connectivity index (χ4n) is 1.51. The van der Waals surface area contributed by atoms with Gasteiger partial charge in [-0.25, -0.2) is 0 Å². The summed E-state index contributed by atoms with van der Waals surface area (Å²) in [6.07, 6.45) is 0. The zero-order valence-corrected chi connectivity index (χ0v) is 10.3. The third kappa shape index (κ3) is 2.60. The van der Waals surface area contributed by atoms with Crippen LogP contribution in [0, 0.1) is 0 Å². The van der Waals surface area contributed by atoms with Crippen molar-refractivity contribution in [3.05, 3.63) is 63.6 Å². The molecule has 0 aliphatic heterocycles. The molecule has 2 nitrogen and oxygen atoms in total. The molecule has 0 bridgehead atoms. The van der Waals surface area contributed by atoms with E-state index in [1.54, 1.807) is 42.5 Å². The smallest absolute Gasteiger partial charge is 0.195 e. The number of carbonyl (C=O) groups is 1. The Labute approximate surface area is 109 Å². The van der Waals surface area contributed by atoms with Gasteiger partial charge in [-0.1, -0.05) is 35.3 Å². The maximum Gasteiger partial charge on any atom is 0.195 e. The quantitative estimate of drug-likeness (QED) is 0.663. The predicted octanol–water partition coefficient (Wildman–Crippen LogP) is 3.81. The van der Waals surface area contributed by atoms with E-state index in [0.29, 0.717) is 26.9 Å². The molecule has 2 N–H and O–H groups in total. The van der Waals surface area contributed by atoms with E-state index in [1.165, 1.54) is 0 Å². The van der Waals surface area contributed by atoms with E-state index >= 15 is 0 Å². The summed E-state index contributed by atoms with van der Waals surface area (Å²) in [6.45, 7) is 0. The predicted molar refractivity (Wildman–Crippen MR) is 70.7 cm³/mol. The molecule has 0 amide bonds. The molecule has 2 aromatic carbocycles. The zero-order valence-electron chi connectivity index (χ0n) is 8.78. The van der Waals surface area contributed by atoms with Crippen molar-refractivity contribution in [2.45, 2.75) is 0 Å². The highest BCUT2D eigenvalue weighted by atomic mass is 35.5. The normalized spacial score (nSPS) is 10.2. The summed E-state index contributed by atoms with van der Waals surface area (Å²) < 4.78 is 0. The molecule has 2 rings (SSSR count). The molecule has 0 unspecified atom stereocenters. The molecule has 0 saturated carbocycles. The number of nitrogens with two attached hydrogens (primary N) is 1. The summed E-state index contributed by atoms with van der Waals surface area (Å²) in [7, 11) is 0. The van der Waals surface area contributed by atoms with Gasteiger partial charge in [0.05, 0.1) is 0 Å². The molecule has 0 heterocycles. The first-order valence-corrected chi connectivity index (χ1v) is 5.69. The molecule has 0 spiro atoms. The van der Waals surface area contributed by atoms with E-state index in [9.17, 15) is 4.79 Å². The van der Waals surface area contributed by atoms with Crippen molar-refractivity contribution in [2.24, 2.45) is 0 Å². The van der Waals surface area contributed by atoms with Crippen LogP contribution in [0.4, 0.5) is 5.69 Å². The zero-order chi connectivity index (χ0) is 12.4. The van der Waals surface area contributed by atoms with Gasteiger partial charge in [0.15, 0.2) is 5.78 Å². The van der Waals surface area contributed by atoms with Gasteiger partial charge in [-0.3, -0.25) is 4.79 Å². The third-order valence-corrected chi connectivity index (χ3v) is 2.82. The molecule has 2 aromatic rings. The van der Waals surface area contributed by atoms with Crippen molar-refractivity contribution in [1.82, 2.24) is 0 Å². The summed E-state index contributed by atoms with van der Waals surface area (Å²) in [5.74, 6) is -0.187. The fourth-order valence-corrected chi connectivity index (χ4v) is 1.87. The van der Waals surface area contributed by atoms with Crippen LogP contribution in [0.3, 0.4) is 0 Å². The van der Waals surface area contributed by atoms with E-state index in [4.69, 9.17) is 28.9 Å². The number of carbonyl (C=O) groups excluding carboxylic acids is 1. The second-order valence-corrected chi connectivity index (χ2v) is 4.44. The van der Waals surface area contributed by atoms with E-state index in [1.807, 2.05) is 0 Å². The van der Waals surface area contributed by atoms with Crippen LogP contribution in [-0.4, -0.2) is 5.78 Å². The van der Waals surface area contributed by atoms with Crippen LogP contribution in [-0.2, 0) is 0 Å². The Hall–Kier alpha value is -1.51.